The van der Waals surface area contributed by atoms with Gasteiger partial charge in [-0.25, -0.2) is 4.98 Å². The second kappa shape index (κ2) is 5.44. The highest BCUT2D eigenvalue weighted by molar-refractivity contribution is 5.81. The molecule has 0 atom stereocenters. The van der Waals surface area contributed by atoms with Crippen LogP contribution in [-0.2, 0) is 0 Å². The molecule has 1 fully saturated rings. The quantitative estimate of drug-likeness (QED) is 0.648. The molecule has 0 unspecified atom stereocenters. The summed E-state index contributed by atoms with van der Waals surface area (Å²) in [4.78, 5) is 21.8. The van der Waals surface area contributed by atoms with Crippen LogP contribution in [0.5, 0.6) is 0 Å². The summed E-state index contributed by atoms with van der Waals surface area (Å²) in [5.41, 5.74) is 1.57. The Bertz CT molecular complexity index is 931. The van der Waals surface area contributed by atoms with Crippen LogP contribution < -0.4 is 5.56 Å². The van der Waals surface area contributed by atoms with Crippen molar-refractivity contribution >= 4 is 16.7 Å². The highest BCUT2D eigenvalue weighted by Crippen LogP contribution is 2.26. The van der Waals surface area contributed by atoms with Gasteiger partial charge in [0.1, 0.15) is 5.82 Å². The number of aromatic nitrogens is 5. The Morgan fingerprint density at radius 1 is 1.09 bits per heavy atom. The molecule has 1 aliphatic carbocycles. The van der Waals surface area contributed by atoms with E-state index in [2.05, 4.69) is 15.1 Å². The fourth-order valence-electron chi connectivity index (χ4n) is 3.72. The van der Waals surface area contributed by atoms with Gasteiger partial charge in [0, 0.05) is 12.2 Å². The smallest absolute Gasteiger partial charge is 0.262 e. The number of fused-ring (bicyclic) bond motifs is 3. The van der Waals surface area contributed by atoms with E-state index in [0.717, 1.165) is 24.1 Å². The van der Waals surface area contributed by atoms with E-state index in [1.807, 2.05) is 30.7 Å². The molecule has 4 rings (SSSR count). The molecular weight excluding hydrogens is 290 g/mol. The van der Waals surface area contributed by atoms with Gasteiger partial charge < -0.3 is 4.57 Å². The van der Waals surface area contributed by atoms with E-state index in [9.17, 15) is 4.79 Å². The summed E-state index contributed by atoms with van der Waals surface area (Å²) in [6, 6.07) is 2.29. The molecule has 0 saturated heterocycles. The van der Waals surface area contributed by atoms with Crippen LogP contribution >= 0.6 is 0 Å². The van der Waals surface area contributed by atoms with E-state index < -0.39 is 0 Å². The number of hydrogen-bond acceptors (Lipinski definition) is 4. The fourth-order valence-corrected chi connectivity index (χ4v) is 3.72. The Kier molecular flexibility index (Phi) is 3.39. The van der Waals surface area contributed by atoms with Gasteiger partial charge in [-0.05, 0) is 32.8 Å². The average Bonchev–Trinajstić information content (AvgIpc) is 2.73. The summed E-state index contributed by atoms with van der Waals surface area (Å²) < 4.78 is 3.59. The van der Waals surface area contributed by atoms with Crippen LogP contribution in [0.25, 0.3) is 16.7 Å². The molecule has 6 nitrogen and oxygen atoms in total. The third kappa shape index (κ3) is 2.33. The van der Waals surface area contributed by atoms with Crippen molar-refractivity contribution in [2.75, 3.05) is 0 Å². The van der Waals surface area contributed by atoms with Gasteiger partial charge in [-0.15, -0.1) is 5.10 Å². The van der Waals surface area contributed by atoms with Gasteiger partial charge in [-0.2, -0.15) is 9.50 Å². The van der Waals surface area contributed by atoms with Crippen LogP contribution in [0.15, 0.2) is 17.1 Å². The van der Waals surface area contributed by atoms with E-state index >= 15 is 0 Å². The van der Waals surface area contributed by atoms with Gasteiger partial charge in [0.25, 0.3) is 11.3 Å². The molecule has 23 heavy (non-hydrogen) atoms. The number of hydrogen-bond donors (Lipinski definition) is 0. The minimum atomic E-state index is 0.0504. The third-order valence-corrected chi connectivity index (χ3v) is 4.87. The summed E-state index contributed by atoms with van der Waals surface area (Å²) in [5, 5.41) is 5.04. The molecule has 3 heterocycles. The normalized spacial score (nSPS) is 17.0. The lowest BCUT2D eigenvalue weighted by atomic mass is 10.1. The predicted molar refractivity (Wildman–Crippen MR) is 88.8 cm³/mol. The topological polar surface area (TPSA) is 65.1 Å². The molecule has 0 aromatic carbocycles. The third-order valence-electron chi connectivity index (χ3n) is 4.87. The molecule has 0 bridgehead atoms. The Hall–Kier alpha value is -2.24. The monoisotopic (exact) mass is 311 g/mol. The Morgan fingerprint density at radius 2 is 1.83 bits per heavy atom. The van der Waals surface area contributed by atoms with Crippen molar-refractivity contribution in [3.8, 4) is 0 Å². The highest BCUT2D eigenvalue weighted by Gasteiger charge is 2.19. The minimum Gasteiger partial charge on any atom is -0.312 e. The summed E-state index contributed by atoms with van der Waals surface area (Å²) in [7, 11) is 0. The lowest BCUT2D eigenvalue weighted by molar-refractivity contribution is 0.434. The molecule has 3 aromatic heterocycles. The second-order valence-corrected chi connectivity index (χ2v) is 6.50. The highest BCUT2D eigenvalue weighted by atomic mass is 16.1. The lowest BCUT2D eigenvalue weighted by Crippen LogP contribution is -2.25. The molecule has 6 heteroatoms. The summed E-state index contributed by atoms with van der Waals surface area (Å²) in [6.45, 7) is 3.72. The molecule has 1 saturated carbocycles. The first-order valence-corrected chi connectivity index (χ1v) is 8.40. The SMILES string of the molecule is Cc1nc2nc(C)c3c(=O)n(C4CCCCCC4)ccc3n2n1. The molecule has 0 radical (unpaired) electrons. The van der Waals surface area contributed by atoms with Crippen molar-refractivity contribution in [2.24, 2.45) is 0 Å². The Balaban J connectivity index is 1.95. The summed E-state index contributed by atoms with van der Waals surface area (Å²) in [5.74, 6) is 1.22. The van der Waals surface area contributed by atoms with Crippen LogP contribution in [0.3, 0.4) is 0 Å². The molecule has 1 aliphatic rings. The van der Waals surface area contributed by atoms with Crippen molar-refractivity contribution in [1.29, 1.82) is 0 Å². The predicted octanol–water partition coefficient (Wildman–Crippen LogP) is 2.95. The molecular formula is C17H21N5O. The van der Waals surface area contributed by atoms with E-state index in [1.165, 1.54) is 25.7 Å². The van der Waals surface area contributed by atoms with Crippen molar-refractivity contribution < 1.29 is 0 Å². The maximum atomic E-state index is 13.1. The van der Waals surface area contributed by atoms with Gasteiger partial charge in [-0.1, -0.05) is 25.7 Å². The first kappa shape index (κ1) is 14.4. The maximum absolute atomic E-state index is 13.1. The van der Waals surface area contributed by atoms with E-state index in [-0.39, 0.29) is 5.56 Å². The Morgan fingerprint density at radius 3 is 2.57 bits per heavy atom. The summed E-state index contributed by atoms with van der Waals surface area (Å²) in [6.07, 6.45) is 9.06. The average molecular weight is 311 g/mol. The molecule has 120 valence electrons. The largest absolute Gasteiger partial charge is 0.312 e. The number of rotatable bonds is 1. The number of aryl methyl sites for hydroxylation is 2. The van der Waals surface area contributed by atoms with Gasteiger partial charge in [0.05, 0.1) is 16.6 Å². The van der Waals surface area contributed by atoms with Gasteiger partial charge in [0.2, 0.25) is 0 Å². The van der Waals surface area contributed by atoms with Crippen LogP contribution in [0.4, 0.5) is 0 Å². The van der Waals surface area contributed by atoms with Crippen molar-refractivity contribution in [3.63, 3.8) is 0 Å². The molecule has 3 aromatic rings. The first-order chi connectivity index (χ1) is 11.1. The van der Waals surface area contributed by atoms with Gasteiger partial charge in [0.15, 0.2) is 0 Å². The second-order valence-electron chi connectivity index (χ2n) is 6.50. The Labute approximate surface area is 134 Å². The summed E-state index contributed by atoms with van der Waals surface area (Å²) >= 11 is 0. The molecule has 0 spiro atoms. The first-order valence-electron chi connectivity index (χ1n) is 8.40. The van der Waals surface area contributed by atoms with Crippen molar-refractivity contribution in [3.05, 3.63) is 34.1 Å². The van der Waals surface area contributed by atoms with E-state index in [4.69, 9.17) is 0 Å². The standard InChI is InChI=1S/C17H21N5O/c1-11-15-14(22-17(18-11)19-12(2)20-22)9-10-21(16(15)23)13-7-5-3-4-6-8-13/h9-10,13H,3-8H2,1-2H3. The maximum Gasteiger partial charge on any atom is 0.262 e. The number of pyridine rings is 1. The fraction of sp³-hybridized carbons (Fsp3) is 0.529. The molecule has 0 N–H and O–H groups in total. The van der Waals surface area contributed by atoms with Crippen LogP contribution in [0.2, 0.25) is 0 Å². The van der Waals surface area contributed by atoms with E-state index in [0.29, 0.717) is 23.0 Å². The van der Waals surface area contributed by atoms with Crippen LogP contribution in [0.1, 0.15) is 56.1 Å². The van der Waals surface area contributed by atoms with Crippen molar-refractivity contribution in [2.45, 2.75) is 58.4 Å². The lowest BCUT2D eigenvalue weighted by Gasteiger charge is -2.18. The van der Waals surface area contributed by atoms with E-state index in [1.54, 1.807) is 4.52 Å². The zero-order valence-corrected chi connectivity index (χ0v) is 13.6. The zero-order valence-electron chi connectivity index (χ0n) is 13.6. The molecule has 0 amide bonds. The minimum absolute atomic E-state index is 0.0504. The van der Waals surface area contributed by atoms with Gasteiger partial charge in [-0.3, -0.25) is 4.79 Å². The van der Waals surface area contributed by atoms with Crippen LogP contribution in [-0.4, -0.2) is 24.1 Å². The van der Waals surface area contributed by atoms with Crippen molar-refractivity contribution in [1.82, 2.24) is 24.1 Å². The molecule has 0 aliphatic heterocycles. The number of nitrogens with zero attached hydrogens (tertiary/aromatic N) is 5. The van der Waals surface area contributed by atoms with Gasteiger partial charge >= 0.3 is 0 Å². The zero-order chi connectivity index (χ0) is 16.0. The van der Waals surface area contributed by atoms with Crippen LogP contribution in [0, 0.1) is 13.8 Å².